The standard InChI is InChI=1S/C24H23NO3/c1-2-4-18(5-3-1)19-6-10-21(11-7-19)28-22-12-8-20(9-13-22)25(14-23-16-26-23)15-24-17-27-24/h1-13,23-24H,14-17H2. The molecular weight excluding hydrogens is 350 g/mol. The lowest BCUT2D eigenvalue weighted by Crippen LogP contribution is -2.31. The van der Waals surface area contributed by atoms with Crippen molar-refractivity contribution in [1.29, 1.82) is 0 Å². The summed E-state index contributed by atoms with van der Waals surface area (Å²) in [5.74, 6) is 1.67. The van der Waals surface area contributed by atoms with E-state index in [1.807, 2.05) is 30.3 Å². The molecule has 3 aromatic carbocycles. The zero-order valence-electron chi connectivity index (χ0n) is 15.7. The van der Waals surface area contributed by atoms with Crippen molar-refractivity contribution in [3.8, 4) is 22.6 Å². The number of epoxide rings is 2. The molecule has 2 aliphatic heterocycles. The van der Waals surface area contributed by atoms with Gasteiger partial charge in [0.15, 0.2) is 0 Å². The minimum atomic E-state index is 0.359. The second-order valence-corrected chi connectivity index (χ2v) is 7.30. The molecule has 0 spiro atoms. The van der Waals surface area contributed by atoms with Crippen molar-refractivity contribution in [3.05, 3.63) is 78.9 Å². The predicted molar refractivity (Wildman–Crippen MR) is 110 cm³/mol. The molecule has 0 aliphatic carbocycles. The van der Waals surface area contributed by atoms with E-state index in [0.29, 0.717) is 12.2 Å². The van der Waals surface area contributed by atoms with Crippen molar-refractivity contribution >= 4 is 5.69 Å². The summed E-state index contributed by atoms with van der Waals surface area (Å²) >= 11 is 0. The Morgan fingerprint density at radius 3 is 1.71 bits per heavy atom. The van der Waals surface area contributed by atoms with Gasteiger partial charge in [0.2, 0.25) is 0 Å². The fraction of sp³-hybridized carbons (Fsp3) is 0.250. The molecule has 2 saturated heterocycles. The van der Waals surface area contributed by atoms with Crippen LogP contribution in [0.2, 0.25) is 0 Å². The van der Waals surface area contributed by atoms with Gasteiger partial charge in [0.05, 0.1) is 25.4 Å². The average molecular weight is 373 g/mol. The Bertz CT molecular complexity index is 887. The first-order valence-electron chi connectivity index (χ1n) is 9.75. The summed E-state index contributed by atoms with van der Waals surface area (Å²) < 4.78 is 16.8. The third kappa shape index (κ3) is 4.35. The topological polar surface area (TPSA) is 37.5 Å². The van der Waals surface area contributed by atoms with Gasteiger partial charge in [0.25, 0.3) is 0 Å². The highest BCUT2D eigenvalue weighted by atomic mass is 16.6. The number of benzene rings is 3. The number of hydrogen-bond donors (Lipinski definition) is 0. The molecule has 142 valence electrons. The Morgan fingerprint density at radius 2 is 1.18 bits per heavy atom. The third-order valence-corrected chi connectivity index (χ3v) is 5.05. The number of hydrogen-bond acceptors (Lipinski definition) is 4. The first-order valence-corrected chi connectivity index (χ1v) is 9.75. The highest BCUT2D eigenvalue weighted by Crippen LogP contribution is 2.28. The SMILES string of the molecule is c1ccc(-c2ccc(Oc3ccc(N(CC4CO4)CC4CO4)cc3)cc2)cc1. The third-order valence-electron chi connectivity index (χ3n) is 5.05. The molecule has 0 aromatic heterocycles. The lowest BCUT2D eigenvalue weighted by molar-refractivity contribution is 0.389. The highest BCUT2D eigenvalue weighted by Gasteiger charge is 2.30. The van der Waals surface area contributed by atoms with E-state index in [1.54, 1.807) is 0 Å². The van der Waals surface area contributed by atoms with Gasteiger partial charge in [0.1, 0.15) is 11.5 Å². The maximum Gasteiger partial charge on any atom is 0.127 e. The first-order chi connectivity index (χ1) is 13.8. The fourth-order valence-electron chi connectivity index (χ4n) is 3.33. The van der Waals surface area contributed by atoms with Crippen LogP contribution in [-0.4, -0.2) is 38.5 Å². The van der Waals surface area contributed by atoms with Crippen LogP contribution in [0.25, 0.3) is 11.1 Å². The maximum atomic E-state index is 6.02. The predicted octanol–water partition coefficient (Wildman–Crippen LogP) is 4.75. The summed E-state index contributed by atoms with van der Waals surface area (Å²) in [6.45, 7) is 3.56. The molecule has 0 amide bonds. The van der Waals surface area contributed by atoms with Gasteiger partial charge >= 0.3 is 0 Å². The minimum Gasteiger partial charge on any atom is -0.457 e. The van der Waals surface area contributed by atoms with Crippen LogP contribution in [0, 0.1) is 0 Å². The smallest absolute Gasteiger partial charge is 0.127 e. The van der Waals surface area contributed by atoms with Crippen LogP contribution in [-0.2, 0) is 9.47 Å². The quantitative estimate of drug-likeness (QED) is 0.534. The molecule has 0 saturated carbocycles. The Morgan fingerprint density at radius 1 is 0.679 bits per heavy atom. The molecule has 28 heavy (non-hydrogen) atoms. The van der Waals surface area contributed by atoms with E-state index in [1.165, 1.54) is 16.8 Å². The van der Waals surface area contributed by atoms with Crippen molar-refractivity contribution in [2.45, 2.75) is 12.2 Å². The largest absolute Gasteiger partial charge is 0.457 e. The molecule has 4 heteroatoms. The van der Waals surface area contributed by atoms with Crippen LogP contribution in [0.1, 0.15) is 0 Å². The molecule has 2 heterocycles. The van der Waals surface area contributed by atoms with Gasteiger partial charge in [-0.2, -0.15) is 0 Å². The van der Waals surface area contributed by atoms with Crippen LogP contribution in [0.15, 0.2) is 78.9 Å². The maximum absolute atomic E-state index is 6.02. The van der Waals surface area contributed by atoms with Crippen molar-refractivity contribution in [2.24, 2.45) is 0 Å². The summed E-state index contributed by atoms with van der Waals surface area (Å²) in [4.78, 5) is 2.34. The Kier molecular flexibility index (Phi) is 4.73. The van der Waals surface area contributed by atoms with E-state index in [9.17, 15) is 0 Å². The van der Waals surface area contributed by atoms with Crippen molar-refractivity contribution in [2.75, 3.05) is 31.2 Å². The summed E-state index contributed by atoms with van der Waals surface area (Å²) in [5.41, 5.74) is 3.57. The summed E-state index contributed by atoms with van der Waals surface area (Å²) in [5, 5.41) is 0. The van der Waals surface area contributed by atoms with Gasteiger partial charge in [-0.1, -0.05) is 42.5 Å². The van der Waals surface area contributed by atoms with Gasteiger partial charge in [-0.3, -0.25) is 0 Å². The molecule has 0 radical (unpaired) electrons. The number of rotatable bonds is 8. The minimum absolute atomic E-state index is 0.359. The Labute approximate surface area is 165 Å². The van der Waals surface area contributed by atoms with Gasteiger partial charge < -0.3 is 19.1 Å². The number of ether oxygens (including phenoxy) is 3. The molecule has 0 bridgehead atoms. The highest BCUT2D eigenvalue weighted by molar-refractivity contribution is 5.64. The van der Waals surface area contributed by atoms with E-state index in [-0.39, 0.29) is 0 Å². The normalized spacial score (nSPS) is 19.9. The Balaban J connectivity index is 1.25. The van der Waals surface area contributed by atoms with E-state index in [2.05, 4.69) is 53.4 Å². The molecule has 3 aromatic rings. The molecule has 4 nitrogen and oxygen atoms in total. The molecule has 5 rings (SSSR count). The monoisotopic (exact) mass is 373 g/mol. The van der Waals surface area contributed by atoms with Crippen molar-refractivity contribution in [1.82, 2.24) is 0 Å². The Hall–Kier alpha value is -2.82. The van der Waals surface area contributed by atoms with Crippen LogP contribution < -0.4 is 9.64 Å². The second kappa shape index (κ2) is 7.66. The zero-order chi connectivity index (χ0) is 18.8. The van der Waals surface area contributed by atoms with Gasteiger partial charge in [0, 0.05) is 18.8 Å². The van der Waals surface area contributed by atoms with Crippen molar-refractivity contribution in [3.63, 3.8) is 0 Å². The molecular formula is C24H23NO3. The van der Waals surface area contributed by atoms with E-state index >= 15 is 0 Å². The van der Waals surface area contributed by atoms with Crippen LogP contribution in [0.4, 0.5) is 5.69 Å². The molecule has 2 fully saturated rings. The molecule has 2 aliphatic rings. The number of nitrogens with zero attached hydrogens (tertiary/aromatic N) is 1. The lowest BCUT2D eigenvalue weighted by atomic mass is 10.1. The summed E-state index contributed by atoms with van der Waals surface area (Å²) in [7, 11) is 0. The number of anilines is 1. The zero-order valence-corrected chi connectivity index (χ0v) is 15.7. The van der Waals surface area contributed by atoms with Crippen LogP contribution >= 0.6 is 0 Å². The van der Waals surface area contributed by atoms with E-state index in [4.69, 9.17) is 14.2 Å². The van der Waals surface area contributed by atoms with Crippen molar-refractivity contribution < 1.29 is 14.2 Å². The molecule has 2 unspecified atom stereocenters. The van der Waals surface area contributed by atoms with Gasteiger partial charge in [-0.05, 0) is 47.5 Å². The average Bonchev–Trinajstić information content (AvgIpc) is 3.66. The fourth-order valence-corrected chi connectivity index (χ4v) is 3.33. The lowest BCUT2D eigenvalue weighted by Gasteiger charge is -2.23. The summed E-state index contributed by atoms with van der Waals surface area (Å²) in [6.07, 6.45) is 0.718. The van der Waals surface area contributed by atoms with Crippen LogP contribution in [0.5, 0.6) is 11.5 Å². The van der Waals surface area contributed by atoms with E-state index < -0.39 is 0 Å². The molecule has 2 atom stereocenters. The van der Waals surface area contributed by atoms with Crippen LogP contribution in [0.3, 0.4) is 0 Å². The second-order valence-electron chi connectivity index (χ2n) is 7.30. The first kappa shape index (κ1) is 17.3. The summed E-state index contributed by atoms with van der Waals surface area (Å²) in [6, 6.07) is 26.8. The van der Waals surface area contributed by atoms with Gasteiger partial charge in [-0.25, -0.2) is 0 Å². The van der Waals surface area contributed by atoms with Gasteiger partial charge in [-0.15, -0.1) is 0 Å². The van der Waals surface area contributed by atoms with E-state index in [0.717, 1.165) is 37.8 Å². The molecule has 0 N–H and O–H groups in total.